The quantitative estimate of drug-likeness (QED) is 0.157. The number of nitrogens with zero attached hydrogens (tertiary/aromatic N) is 4. The van der Waals surface area contributed by atoms with Crippen LogP contribution in [0.4, 0.5) is 0 Å². The van der Waals surface area contributed by atoms with Gasteiger partial charge in [-0.25, -0.2) is 15.0 Å². The van der Waals surface area contributed by atoms with Crippen molar-refractivity contribution in [2.75, 3.05) is 0 Å². The van der Waals surface area contributed by atoms with Crippen molar-refractivity contribution in [3.8, 4) is 22.8 Å². The first kappa shape index (κ1) is 30.2. The fraction of sp³-hybridized carbons (Fsp3) is 0.0889. The number of fused-ring (bicyclic) bond motifs is 3. The monoisotopic (exact) mass is 632 g/mol. The van der Waals surface area contributed by atoms with E-state index in [0.29, 0.717) is 17.6 Å². The molecule has 1 unspecified atom stereocenters. The second-order valence-electron chi connectivity index (χ2n) is 12.6. The van der Waals surface area contributed by atoms with E-state index in [1.54, 1.807) is 0 Å². The van der Waals surface area contributed by atoms with E-state index in [0.717, 1.165) is 52.2 Å². The van der Waals surface area contributed by atoms with Crippen molar-refractivity contribution in [1.29, 1.82) is 0 Å². The van der Waals surface area contributed by atoms with Crippen LogP contribution in [0.15, 0.2) is 182 Å². The minimum atomic E-state index is -0.0132. The van der Waals surface area contributed by atoms with E-state index in [-0.39, 0.29) is 5.92 Å². The number of hydrogen-bond acceptors (Lipinski definition) is 3. The molecule has 2 heterocycles. The molecule has 4 aromatic carbocycles. The van der Waals surface area contributed by atoms with E-state index >= 15 is 0 Å². The lowest BCUT2D eigenvalue weighted by molar-refractivity contribution is 0.746. The van der Waals surface area contributed by atoms with Gasteiger partial charge in [-0.05, 0) is 47.8 Å². The topological polar surface area (TPSA) is 43.6 Å². The molecule has 2 aromatic heterocycles. The molecule has 2 atom stereocenters. The Morgan fingerprint density at radius 1 is 0.653 bits per heavy atom. The highest BCUT2D eigenvalue weighted by Gasteiger charge is 2.21. The van der Waals surface area contributed by atoms with Crippen LogP contribution in [-0.4, -0.2) is 19.5 Å². The first-order valence-electron chi connectivity index (χ1n) is 16.8. The summed E-state index contributed by atoms with van der Waals surface area (Å²) in [6, 6.07) is 35.6. The van der Waals surface area contributed by atoms with Crippen LogP contribution in [0.3, 0.4) is 0 Å². The van der Waals surface area contributed by atoms with Crippen LogP contribution in [0.25, 0.3) is 50.3 Å². The number of aromatic nitrogens is 4. The summed E-state index contributed by atoms with van der Waals surface area (Å²) in [5.41, 5.74) is 8.53. The van der Waals surface area contributed by atoms with E-state index in [4.69, 9.17) is 15.0 Å². The molecule has 236 valence electrons. The largest absolute Gasteiger partial charge is 0.310 e. The zero-order valence-corrected chi connectivity index (χ0v) is 27.3. The van der Waals surface area contributed by atoms with Crippen molar-refractivity contribution in [3.63, 3.8) is 0 Å². The standard InChI is InChI=1S/C45H36N4/c1-31(25-26-32(2)49-41-24-13-12-23-39(41)40-28-27-37(30-42(40)49)33-15-6-3-7-16-33)36-21-14-22-38(29-36)45-47-43(34-17-8-4-9-18-34)46-44(48-45)35-19-10-5-11-20-35/h3-15,17-28,30,33,38H,1-2,16,29H2/b26-25-/t33-,38?/m0/s1. The number of benzene rings is 4. The fourth-order valence-electron chi connectivity index (χ4n) is 6.82. The van der Waals surface area contributed by atoms with Crippen LogP contribution in [0.2, 0.25) is 0 Å². The first-order chi connectivity index (χ1) is 24.1. The van der Waals surface area contributed by atoms with Gasteiger partial charge in [0.2, 0.25) is 0 Å². The van der Waals surface area contributed by atoms with Gasteiger partial charge in [-0.2, -0.15) is 0 Å². The van der Waals surface area contributed by atoms with Gasteiger partial charge < -0.3 is 4.57 Å². The molecular weight excluding hydrogens is 597 g/mol. The molecule has 0 bridgehead atoms. The first-order valence-corrected chi connectivity index (χ1v) is 16.8. The predicted molar refractivity (Wildman–Crippen MR) is 204 cm³/mol. The van der Waals surface area contributed by atoms with E-state index < -0.39 is 0 Å². The molecule has 0 radical (unpaired) electrons. The molecule has 4 nitrogen and oxygen atoms in total. The highest BCUT2D eigenvalue weighted by molar-refractivity contribution is 6.10. The Labute approximate surface area is 287 Å². The molecule has 8 rings (SSSR count). The summed E-state index contributed by atoms with van der Waals surface area (Å²) in [5, 5.41) is 2.45. The highest BCUT2D eigenvalue weighted by atomic mass is 15.0. The van der Waals surface area contributed by atoms with Crippen LogP contribution in [0, 0.1) is 0 Å². The van der Waals surface area contributed by atoms with Gasteiger partial charge in [-0.15, -0.1) is 0 Å². The Kier molecular flexibility index (Phi) is 8.12. The van der Waals surface area contributed by atoms with E-state index in [1.165, 1.54) is 21.9 Å². The van der Waals surface area contributed by atoms with Gasteiger partial charge in [0.15, 0.2) is 11.6 Å². The van der Waals surface area contributed by atoms with Crippen LogP contribution in [0.5, 0.6) is 0 Å². The van der Waals surface area contributed by atoms with E-state index in [1.807, 2.05) is 60.7 Å². The smallest absolute Gasteiger partial charge is 0.163 e. The van der Waals surface area contributed by atoms with Crippen molar-refractivity contribution >= 4 is 27.5 Å². The van der Waals surface area contributed by atoms with Gasteiger partial charge in [0, 0.05) is 39.4 Å². The van der Waals surface area contributed by atoms with Gasteiger partial charge in [0.1, 0.15) is 5.82 Å². The summed E-state index contributed by atoms with van der Waals surface area (Å²) >= 11 is 0. The second kappa shape index (κ2) is 13.2. The number of rotatable bonds is 8. The molecule has 0 saturated carbocycles. The zero-order valence-electron chi connectivity index (χ0n) is 27.3. The van der Waals surface area contributed by atoms with Crippen molar-refractivity contribution in [1.82, 2.24) is 19.5 Å². The minimum Gasteiger partial charge on any atom is -0.310 e. The minimum absolute atomic E-state index is 0.0132. The molecule has 0 fully saturated rings. The number of hydrogen-bond donors (Lipinski definition) is 0. The Morgan fingerprint density at radius 2 is 1.33 bits per heavy atom. The lowest BCUT2D eigenvalue weighted by Gasteiger charge is -2.19. The molecule has 0 aliphatic heterocycles. The van der Waals surface area contributed by atoms with Gasteiger partial charge >= 0.3 is 0 Å². The fourth-order valence-corrected chi connectivity index (χ4v) is 6.82. The molecule has 2 aliphatic carbocycles. The SMILES string of the molecule is C=C(/C=C\C(=C)n1c2ccccc2c2ccc([C@H]3C=CC=CC3)cc21)C1=CC=CC(c2nc(-c3ccccc3)nc(-c3ccccc3)n2)C1. The molecule has 4 heteroatoms. The Balaban J connectivity index is 1.07. The highest BCUT2D eigenvalue weighted by Crippen LogP contribution is 2.36. The van der Waals surface area contributed by atoms with Crippen molar-refractivity contribution in [2.45, 2.75) is 24.7 Å². The molecular formula is C45H36N4. The van der Waals surface area contributed by atoms with Gasteiger partial charge in [0.25, 0.3) is 0 Å². The predicted octanol–water partition coefficient (Wildman–Crippen LogP) is 11.2. The Hall–Kier alpha value is -6.13. The summed E-state index contributed by atoms with van der Waals surface area (Å²) in [7, 11) is 0. The second-order valence-corrected chi connectivity index (χ2v) is 12.6. The van der Waals surface area contributed by atoms with Crippen molar-refractivity contribution < 1.29 is 0 Å². The summed E-state index contributed by atoms with van der Waals surface area (Å²) in [6.45, 7) is 9.03. The summed E-state index contributed by atoms with van der Waals surface area (Å²) in [5.74, 6) is 2.46. The molecule has 0 N–H and O–H groups in total. The summed E-state index contributed by atoms with van der Waals surface area (Å²) < 4.78 is 2.28. The maximum atomic E-state index is 4.98. The van der Waals surface area contributed by atoms with E-state index in [2.05, 4.69) is 115 Å². The summed E-state index contributed by atoms with van der Waals surface area (Å²) in [6.07, 6.45) is 21.1. The van der Waals surface area contributed by atoms with Gasteiger partial charge in [-0.1, -0.05) is 153 Å². The maximum Gasteiger partial charge on any atom is 0.163 e. The average Bonchev–Trinajstić information content (AvgIpc) is 3.51. The van der Waals surface area contributed by atoms with Crippen LogP contribution in [-0.2, 0) is 0 Å². The molecule has 49 heavy (non-hydrogen) atoms. The normalized spacial score (nSPS) is 17.2. The average molecular weight is 633 g/mol. The van der Waals surface area contributed by atoms with Crippen LogP contribution >= 0.6 is 0 Å². The number of para-hydroxylation sites is 1. The third-order valence-corrected chi connectivity index (χ3v) is 9.41. The third kappa shape index (κ3) is 6.05. The van der Waals surface area contributed by atoms with E-state index in [9.17, 15) is 0 Å². The third-order valence-electron chi connectivity index (χ3n) is 9.41. The summed E-state index contributed by atoms with van der Waals surface area (Å²) in [4.78, 5) is 14.8. The molecule has 2 aliphatic rings. The Bertz CT molecular complexity index is 2310. The van der Waals surface area contributed by atoms with Crippen LogP contribution < -0.4 is 0 Å². The molecule has 0 amide bonds. The molecule has 0 spiro atoms. The lowest BCUT2D eigenvalue weighted by Crippen LogP contribution is -2.10. The lowest BCUT2D eigenvalue weighted by atomic mass is 9.89. The Morgan fingerprint density at radius 3 is 2.04 bits per heavy atom. The van der Waals surface area contributed by atoms with Crippen molar-refractivity contribution in [2.24, 2.45) is 0 Å². The van der Waals surface area contributed by atoms with Crippen molar-refractivity contribution in [3.05, 3.63) is 194 Å². The molecule has 0 saturated heterocycles. The van der Waals surface area contributed by atoms with Gasteiger partial charge in [-0.3, -0.25) is 0 Å². The zero-order chi connectivity index (χ0) is 33.2. The van der Waals surface area contributed by atoms with Crippen LogP contribution in [0.1, 0.15) is 36.1 Å². The number of allylic oxidation sites excluding steroid dienone is 12. The van der Waals surface area contributed by atoms with Gasteiger partial charge in [0.05, 0.1) is 11.0 Å². The maximum absolute atomic E-state index is 4.98. The molecule has 6 aromatic rings.